The first-order chi connectivity index (χ1) is 7.43. The molecule has 0 unspecified atom stereocenters. The molecule has 90 valence electrons. The van der Waals surface area contributed by atoms with Crippen molar-refractivity contribution in [3.05, 3.63) is 16.1 Å². The number of nitrogens with two attached hydrogens (primary N) is 1. The van der Waals surface area contributed by atoms with Crippen LogP contribution >= 0.6 is 11.3 Å². The van der Waals surface area contributed by atoms with E-state index >= 15 is 0 Å². The lowest BCUT2D eigenvalue weighted by Gasteiger charge is -2.23. The normalized spacial score (nSPS) is 12.9. The van der Waals surface area contributed by atoms with Crippen LogP contribution in [-0.4, -0.2) is 28.9 Å². The van der Waals surface area contributed by atoms with E-state index in [0.29, 0.717) is 6.54 Å². The molecule has 1 atom stereocenters. The van der Waals surface area contributed by atoms with Crippen molar-refractivity contribution in [1.82, 2.24) is 9.88 Å². The molecule has 16 heavy (non-hydrogen) atoms. The second-order valence-corrected chi connectivity index (χ2v) is 5.26. The number of hydrogen-bond donors (Lipinski definition) is 1. The van der Waals surface area contributed by atoms with Gasteiger partial charge in [-0.1, -0.05) is 13.8 Å². The zero-order valence-electron chi connectivity index (χ0n) is 10.2. The van der Waals surface area contributed by atoms with Crippen LogP contribution in [-0.2, 0) is 11.3 Å². The quantitative estimate of drug-likeness (QED) is 0.866. The van der Waals surface area contributed by atoms with Crippen LogP contribution in [0.1, 0.15) is 24.4 Å². The van der Waals surface area contributed by atoms with Gasteiger partial charge < -0.3 is 10.6 Å². The summed E-state index contributed by atoms with van der Waals surface area (Å²) in [6.07, 6.45) is 0. The summed E-state index contributed by atoms with van der Waals surface area (Å²) in [5.74, 6) is 0.153. The van der Waals surface area contributed by atoms with E-state index < -0.39 is 6.04 Å². The van der Waals surface area contributed by atoms with Crippen molar-refractivity contribution in [2.75, 3.05) is 7.05 Å². The van der Waals surface area contributed by atoms with Gasteiger partial charge in [-0.15, -0.1) is 11.3 Å². The molecule has 0 spiro atoms. The van der Waals surface area contributed by atoms with Crippen molar-refractivity contribution in [3.63, 3.8) is 0 Å². The Bertz CT molecular complexity index is 362. The number of nitrogens with zero attached hydrogens (tertiary/aromatic N) is 2. The third kappa shape index (κ3) is 3.02. The van der Waals surface area contributed by atoms with Gasteiger partial charge in [-0.3, -0.25) is 4.79 Å². The lowest BCUT2D eigenvalue weighted by atomic mass is 10.0. The number of hydrogen-bond acceptors (Lipinski definition) is 4. The molecule has 0 aliphatic carbocycles. The molecule has 1 rings (SSSR count). The van der Waals surface area contributed by atoms with Crippen molar-refractivity contribution in [3.8, 4) is 0 Å². The minimum Gasteiger partial charge on any atom is -0.339 e. The molecule has 0 radical (unpaired) electrons. The van der Waals surface area contributed by atoms with Gasteiger partial charge in [-0.25, -0.2) is 4.98 Å². The van der Waals surface area contributed by atoms with Crippen LogP contribution in [0.15, 0.2) is 5.51 Å². The van der Waals surface area contributed by atoms with Gasteiger partial charge in [0.05, 0.1) is 23.8 Å². The Morgan fingerprint density at radius 3 is 2.69 bits per heavy atom. The molecule has 1 aromatic heterocycles. The molecular formula is C11H19N3OS. The summed E-state index contributed by atoms with van der Waals surface area (Å²) in [5, 5.41) is 0. The van der Waals surface area contributed by atoms with Gasteiger partial charge >= 0.3 is 0 Å². The molecule has 0 bridgehead atoms. The molecule has 5 heteroatoms. The summed E-state index contributed by atoms with van der Waals surface area (Å²) in [5.41, 5.74) is 8.61. The summed E-state index contributed by atoms with van der Waals surface area (Å²) in [7, 11) is 1.78. The number of rotatable bonds is 4. The zero-order chi connectivity index (χ0) is 12.3. The Kier molecular flexibility index (Phi) is 4.44. The number of amides is 1. The fourth-order valence-corrected chi connectivity index (χ4v) is 2.14. The smallest absolute Gasteiger partial charge is 0.239 e. The molecule has 0 aromatic carbocycles. The van der Waals surface area contributed by atoms with Crippen LogP contribution < -0.4 is 5.73 Å². The first-order valence-corrected chi connectivity index (χ1v) is 6.21. The van der Waals surface area contributed by atoms with Crippen molar-refractivity contribution in [1.29, 1.82) is 0 Å². The van der Waals surface area contributed by atoms with Gasteiger partial charge in [0.1, 0.15) is 0 Å². The van der Waals surface area contributed by atoms with E-state index in [1.54, 1.807) is 28.8 Å². The van der Waals surface area contributed by atoms with Crippen molar-refractivity contribution in [2.45, 2.75) is 33.4 Å². The largest absolute Gasteiger partial charge is 0.339 e. The van der Waals surface area contributed by atoms with Gasteiger partial charge in [0.2, 0.25) is 5.91 Å². The van der Waals surface area contributed by atoms with E-state index in [4.69, 9.17) is 5.73 Å². The third-order valence-electron chi connectivity index (χ3n) is 2.61. The summed E-state index contributed by atoms with van der Waals surface area (Å²) in [6, 6.07) is -0.418. The molecule has 4 nitrogen and oxygen atoms in total. The number of aromatic nitrogens is 1. The fraction of sp³-hybridized carbons (Fsp3) is 0.636. The van der Waals surface area contributed by atoms with Crippen LogP contribution in [0.25, 0.3) is 0 Å². The average molecular weight is 241 g/mol. The predicted octanol–water partition coefficient (Wildman–Crippen LogP) is 1.39. The highest BCUT2D eigenvalue weighted by Gasteiger charge is 2.21. The maximum Gasteiger partial charge on any atom is 0.239 e. The summed E-state index contributed by atoms with van der Waals surface area (Å²) >= 11 is 1.57. The average Bonchev–Trinajstić information content (AvgIpc) is 2.62. The number of likely N-dealkylation sites (N-methyl/N-ethyl adjacent to an activating group) is 1. The Balaban J connectivity index is 2.62. The van der Waals surface area contributed by atoms with Crippen LogP contribution in [0.4, 0.5) is 0 Å². The van der Waals surface area contributed by atoms with Crippen LogP contribution in [0.2, 0.25) is 0 Å². The topological polar surface area (TPSA) is 59.2 Å². The van der Waals surface area contributed by atoms with E-state index in [-0.39, 0.29) is 11.8 Å². The minimum atomic E-state index is -0.418. The van der Waals surface area contributed by atoms with Gasteiger partial charge in [-0.05, 0) is 12.8 Å². The highest BCUT2D eigenvalue weighted by Crippen LogP contribution is 2.15. The maximum absolute atomic E-state index is 11.9. The molecule has 2 N–H and O–H groups in total. The molecule has 0 saturated carbocycles. The van der Waals surface area contributed by atoms with Gasteiger partial charge in [0, 0.05) is 11.9 Å². The number of carbonyl (C=O) groups is 1. The van der Waals surface area contributed by atoms with Crippen molar-refractivity contribution < 1.29 is 4.79 Å². The van der Waals surface area contributed by atoms with E-state index in [1.165, 1.54) is 0 Å². The number of aryl methyl sites for hydroxylation is 1. The Morgan fingerprint density at radius 2 is 2.25 bits per heavy atom. The lowest BCUT2D eigenvalue weighted by molar-refractivity contribution is -0.132. The van der Waals surface area contributed by atoms with Crippen LogP contribution in [0, 0.1) is 12.8 Å². The first kappa shape index (κ1) is 13.1. The maximum atomic E-state index is 11.9. The van der Waals surface area contributed by atoms with Gasteiger partial charge in [-0.2, -0.15) is 0 Å². The monoisotopic (exact) mass is 241 g/mol. The minimum absolute atomic E-state index is 0.0113. The molecule has 1 amide bonds. The Morgan fingerprint density at radius 1 is 1.62 bits per heavy atom. The Hall–Kier alpha value is -0.940. The zero-order valence-corrected chi connectivity index (χ0v) is 11.0. The molecule has 0 aliphatic heterocycles. The van der Waals surface area contributed by atoms with Crippen LogP contribution in [0.5, 0.6) is 0 Å². The number of carbonyl (C=O) groups excluding carboxylic acids is 1. The second-order valence-electron chi connectivity index (χ2n) is 4.33. The molecule has 1 aromatic rings. The highest BCUT2D eigenvalue weighted by atomic mass is 32.1. The molecule has 0 fully saturated rings. The van der Waals surface area contributed by atoms with Gasteiger partial charge in [0.25, 0.3) is 0 Å². The fourth-order valence-electron chi connectivity index (χ4n) is 1.31. The molecule has 1 heterocycles. The first-order valence-electron chi connectivity index (χ1n) is 5.33. The number of thiazole rings is 1. The predicted molar refractivity (Wildman–Crippen MR) is 66.1 cm³/mol. The summed E-state index contributed by atoms with van der Waals surface area (Å²) in [4.78, 5) is 18.9. The lowest BCUT2D eigenvalue weighted by Crippen LogP contribution is -2.44. The standard InChI is InChI=1S/C11H19N3OS/c1-7(2)10(12)11(15)14(4)5-9-8(3)13-6-16-9/h6-7,10H,5,12H2,1-4H3/t10-/m0/s1. The SMILES string of the molecule is Cc1ncsc1CN(C)C(=O)[C@@H](N)C(C)C. The van der Waals surface area contributed by atoms with E-state index in [9.17, 15) is 4.79 Å². The van der Waals surface area contributed by atoms with E-state index in [1.807, 2.05) is 20.8 Å². The van der Waals surface area contributed by atoms with E-state index in [2.05, 4.69) is 4.98 Å². The third-order valence-corrected chi connectivity index (χ3v) is 3.53. The van der Waals surface area contributed by atoms with Crippen LogP contribution in [0.3, 0.4) is 0 Å². The molecule has 0 saturated heterocycles. The highest BCUT2D eigenvalue weighted by molar-refractivity contribution is 7.09. The van der Waals surface area contributed by atoms with E-state index in [0.717, 1.165) is 10.6 Å². The van der Waals surface area contributed by atoms with Crippen molar-refractivity contribution >= 4 is 17.2 Å². The summed E-state index contributed by atoms with van der Waals surface area (Å²) in [6.45, 7) is 6.45. The van der Waals surface area contributed by atoms with Gasteiger partial charge in [0.15, 0.2) is 0 Å². The summed E-state index contributed by atoms with van der Waals surface area (Å²) < 4.78 is 0. The Labute approximate surface area is 100 Å². The molecular weight excluding hydrogens is 222 g/mol. The van der Waals surface area contributed by atoms with Crippen molar-refractivity contribution in [2.24, 2.45) is 11.7 Å². The molecule has 0 aliphatic rings. The second kappa shape index (κ2) is 5.41.